The molecule has 0 rings (SSSR count). The van der Waals surface area contributed by atoms with Crippen molar-refractivity contribution in [3.8, 4) is 6.07 Å². The van der Waals surface area contributed by atoms with Crippen LogP contribution < -0.4 is 0 Å². The average molecular weight is 239 g/mol. The lowest BCUT2D eigenvalue weighted by molar-refractivity contribution is -0.151. The lowest BCUT2D eigenvalue weighted by Crippen LogP contribution is -2.28. The molecule has 0 aromatic carbocycles. The number of hydrogen-bond acceptors (Lipinski definition) is 3. The van der Waals surface area contributed by atoms with Gasteiger partial charge in [0.05, 0.1) is 12.7 Å². The van der Waals surface area contributed by atoms with Crippen molar-refractivity contribution in [3.63, 3.8) is 0 Å². The van der Waals surface area contributed by atoms with Crippen molar-refractivity contribution >= 4 is 5.97 Å². The minimum absolute atomic E-state index is 0.340. The van der Waals surface area contributed by atoms with Gasteiger partial charge in [0.1, 0.15) is 0 Å². The standard InChI is InChI=1S/C14H25NO2/c1-4-6-7-8-9-10-11-14(3,12-15)13(16)17-5-2/h4-11H2,1-3H3. The second kappa shape index (κ2) is 9.04. The van der Waals surface area contributed by atoms with Crippen molar-refractivity contribution in [2.75, 3.05) is 6.61 Å². The molecule has 0 radical (unpaired) electrons. The van der Waals surface area contributed by atoms with Crippen LogP contribution in [0.5, 0.6) is 0 Å². The predicted molar refractivity (Wildman–Crippen MR) is 68.3 cm³/mol. The van der Waals surface area contributed by atoms with Crippen LogP contribution in [0.1, 0.15) is 65.7 Å². The van der Waals surface area contributed by atoms with Crippen LogP contribution in [-0.4, -0.2) is 12.6 Å². The molecule has 0 heterocycles. The first-order valence-electron chi connectivity index (χ1n) is 6.69. The zero-order chi connectivity index (χ0) is 13.1. The Morgan fingerprint density at radius 2 is 1.76 bits per heavy atom. The molecule has 1 unspecified atom stereocenters. The van der Waals surface area contributed by atoms with E-state index in [9.17, 15) is 4.79 Å². The van der Waals surface area contributed by atoms with E-state index in [2.05, 4.69) is 13.0 Å². The minimum atomic E-state index is -0.958. The van der Waals surface area contributed by atoms with Crippen LogP contribution in [0.4, 0.5) is 0 Å². The fourth-order valence-electron chi connectivity index (χ4n) is 1.75. The maximum absolute atomic E-state index is 11.6. The van der Waals surface area contributed by atoms with Crippen LogP contribution in [0.3, 0.4) is 0 Å². The summed E-state index contributed by atoms with van der Waals surface area (Å²) in [5, 5.41) is 9.07. The lowest BCUT2D eigenvalue weighted by Gasteiger charge is -2.18. The maximum Gasteiger partial charge on any atom is 0.326 e. The summed E-state index contributed by atoms with van der Waals surface area (Å²) in [5.74, 6) is -0.379. The van der Waals surface area contributed by atoms with Gasteiger partial charge in [-0.15, -0.1) is 0 Å². The SMILES string of the molecule is CCCCCCCCC(C)(C#N)C(=O)OCC. The van der Waals surface area contributed by atoms with Crippen LogP contribution in [0, 0.1) is 16.7 Å². The number of unbranched alkanes of at least 4 members (excludes halogenated alkanes) is 5. The van der Waals surface area contributed by atoms with Crippen molar-refractivity contribution in [3.05, 3.63) is 0 Å². The van der Waals surface area contributed by atoms with Crippen LogP contribution in [0.15, 0.2) is 0 Å². The van der Waals surface area contributed by atoms with Crippen molar-refractivity contribution in [1.29, 1.82) is 5.26 Å². The molecule has 0 spiro atoms. The Labute approximate surface area is 105 Å². The zero-order valence-corrected chi connectivity index (χ0v) is 11.4. The molecule has 0 aliphatic rings. The van der Waals surface area contributed by atoms with Crippen molar-refractivity contribution in [1.82, 2.24) is 0 Å². The average Bonchev–Trinajstić information content (AvgIpc) is 2.33. The second-order valence-electron chi connectivity index (χ2n) is 4.68. The second-order valence-corrected chi connectivity index (χ2v) is 4.68. The van der Waals surface area contributed by atoms with E-state index in [1.807, 2.05) is 0 Å². The van der Waals surface area contributed by atoms with E-state index in [0.29, 0.717) is 13.0 Å². The molecule has 0 aromatic rings. The molecule has 17 heavy (non-hydrogen) atoms. The van der Waals surface area contributed by atoms with Gasteiger partial charge in [-0.25, -0.2) is 0 Å². The van der Waals surface area contributed by atoms with Crippen molar-refractivity contribution in [2.24, 2.45) is 5.41 Å². The summed E-state index contributed by atoms with van der Waals surface area (Å²) in [6, 6.07) is 2.09. The van der Waals surface area contributed by atoms with E-state index >= 15 is 0 Å². The number of esters is 1. The number of carbonyl (C=O) groups is 1. The summed E-state index contributed by atoms with van der Waals surface area (Å²) in [6.45, 7) is 5.97. The van der Waals surface area contributed by atoms with Crippen LogP contribution in [0.2, 0.25) is 0 Å². The number of hydrogen-bond donors (Lipinski definition) is 0. The Morgan fingerprint density at radius 3 is 2.29 bits per heavy atom. The predicted octanol–water partition coefficient (Wildman–Crippen LogP) is 3.83. The summed E-state index contributed by atoms with van der Waals surface area (Å²) >= 11 is 0. The molecule has 3 heteroatoms. The van der Waals surface area contributed by atoms with Gasteiger partial charge < -0.3 is 4.74 Å². The van der Waals surface area contributed by atoms with Gasteiger partial charge in [-0.05, 0) is 20.3 Å². The molecular formula is C14H25NO2. The quantitative estimate of drug-likeness (QED) is 0.454. The number of ether oxygens (including phenoxy) is 1. The highest BCUT2D eigenvalue weighted by Crippen LogP contribution is 2.25. The highest BCUT2D eigenvalue weighted by atomic mass is 16.5. The first-order chi connectivity index (χ1) is 8.10. The van der Waals surface area contributed by atoms with E-state index in [1.54, 1.807) is 13.8 Å². The number of nitrogens with zero attached hydrogens (tertiary/aromatic N) is 1. The van der Waals surface area contributed by atoms with E-state index in [-0.39, 0.29) is 5.97 Å². The molecule has 0 bridgehead atoms. The van der Waals surface area contributed by atoms with Crippen LogP contribution in [0.25, 0.3) is 0 Å². The third-order valence-corrected chi connectivity index (χ3v) is 3.00. The van der Waals surface area contributed by atoms with Gasteiger partial charge >= 0.3 is 5.97 Å². The zero-order valence-electron chi connectivity index (χ0n) is 11.4. The van der Waals surface area contributed by atoms with E-state index in [4.69, 9.17) is 10.00 Å². The number of rotatable bonds is 9. The first kappa shape index (κ1) is 16.0. The Balaban J connectivity index is 3.89. The van der Waals surface area contributed by atoms with Gasteiger partial charge in [0.2, 0.25) is 0 Å². The highest BCUT2D eigenvalue weighted by Gasteiger charge is 2.34. The molecule has 0 aliphatic heterocycles. The molecule has 0 aliphatic carbocycles. The van der Waals surface area contributed by atoms with Gasteiger partial charge in [-0.1, -0.05) is 45.4 Å². The van der Waals surface area contributed by atoms with Gasteiger partial charge in [-0.2, -0.15) is 5.26 Å². The first-order valence-corrected chi connectivity index (χ1v) is 6.69. The molecule has 0 saturated carbocycles. The fraction of sp³-hybridized carbons (Fsp3) is 0.857. The van der Waals surface area contributed by atoms with Gasteiger partial charge in [0.25, 0.3) is 0 Å². The largest absolute Gasteiger partial charge is 0.465 e. The Kier molecular flexibility index (Phi) is 8.49. The molecule has 0 amide bonds. The smallest absolute Gasteiger partial charge is 0.326 e. The van der Waals surface area contributed by atoms with Gasteiger partial charge in [0, 0.05) is 0 Å². The molecule has 0 aromatic heterocycles. The minimum Gasteiger partial charge on any atom is -0.465 e. The van der Waals surface area contributed by atoms with Crippen LogP contribution in [-0.2, 0) is 9.53 Å². The number of nitriles is 1. The Hall–Kier alpha value is -1.04. The van der Waals surface area contributed by atoms with E-state index in [0.717, 1.165) is 12.8 Å². The summed E-state index contributed by atoms with van der Waals surface area (Å²) < 4.78 is 4.93. The number of carbonyl (C=O) groups excluding carboxylic acids is 1. The molecule has 0 N–H and O–H groups in total. The topological polar surface area (TPSA) is 50.1 Å². The highest BCUT2D eigenvalue weighted by molar-refractivity contribution is 5.79. The third kappa shape index (κ3) is 6.31. The molecule has 0 saturated heterocycles. The summed E-state index contributed by atoms with van der Waals surface area (Å²) in [4.78, 5) is 11.6. The molecule has 3 nitrogen and oxygen atoms in total. The Bertz CT molecular complexity index is 257. The van der Waals surface area contributed by atoms with E-state index < -0.39 is 5.41 Å². The summed E-state index contributed by atoms with van der Waals surface area (Å²) in [7, 11) is 0. The van der Waals surface area contributed by atoms with Crippen molar-refractivity contribution in [2.45, 2.75) is 65.7 Å². The van der Waals surface area contributed by atoms with Crippen LogP contribution >= 0.6 is 0 Å². The third-order valence-electron chi connectivity index (χ3n) is 3.00. The molecular weight excluding hydrogens is 214 g/mol. The molecule has 0 fully saturated rings. The van der Waals surface area contributed by atoms with E-state index in [1.165, 1.54) is 25.7 Å². The molecule has 98 valence electrons. The Morgan fingerprint density at radius 1 is 1.18 bits per heavy atom. The van der Waals surface area contributed by atoms with Crippen molar-refractivity contribution < 1.29 is 9.53 Å². The molecule has 1 atom stereocenters. The lowest BCUT2D eigenvalue weighted by atomic mass is 9.86. The maximum atomic E-state index is 11.6. The summed E-state index contributed by atoms with van der Waals surface area (Å²) in [6.07, 6.45) is 7.57. The monoisotopic (exact) mass is 239 g/mol. The summed E-state index contributed by atoms with van der Waals surface area (Å²) in [5.41, 5.74) is -0.958. The van der Waals surface area contributed by atoms with Gasteiger partial charge in [-0.3, -0.25) is 4.79 Å². The normalized spacial score (nSPS) is 13.8. The van der Waals surface area contributed by atoms with Gasteiger partial charge in [0.15, 0.2) is 5.41 Å². The fourth-order valence-corrected chi connectivity index (χ4v) is 1.75.